The van der Waals surface area contributed by atoms with Gasteiger partial charge in [0.15, 0.2) is 31.5 Å². The largest absolute Gasteiger partial charge is 0.394 e. The highest BCUT2D eigenvalue weighted by Crippen LogP contribution is 2.34. The van der Waals surface area contributed by atoms with Gasteiger partial charge in [0.25, 0.3) is 0 Å². The number of aliphatic hydroxyl groups excluding tert-OH is 17. The SMILES string of the molecule is OC[C@H]1O[C@@H](O[C@H]2[C@H](O)[C@@H](O)[C@H](OC[C@H]3O[C@@H](O[C@@H]4[C@H](O)[C@@H](O)[C@H](O)O[C@@H]4CO)[C@H](O)[C@@H](O)[C@@H]3O[C@@H]3O[C@H](CO)[C@@H](O)[C@H](O)[C@H]3O)O[C@@H]2CO)[C@H](O)[C@@H](O)[C@H]1O. The molecule has 26 nitrogen and oxygen atoms in total. The molecule has 5 rings (SSSR count). The summed E-state index contributed by atoms with van der Waals surface area (Å²) in [6.45, 7) is -4.39. The summed E-state index contributed by atoms with van der Waals surface area (Å²) in [5, 5.41) is 175. The first-order valence-electron chi connectivity index (χ1n) is 17.6. The molecule has 0 unspecified atom stereocenters. The average molecular weight is 829 g/mol. The van der Waals surface area contributed by atoms with E-state index >= 15 is 0 Å². The third kappa shape index (κ3) is 9.31. The zero-order valence-corrected chi connectivity index (χ0v) is 29.2. The topological polar surface area (TPSA) is 427 Å². The van der Waals surface area contributed by atoms with E-state index in [4.69, 9.17) is 42.6 Å². The van der Waals surface area contributed by atoms with Gasteiger partial charge in [-0.25, -0.2) is 0 Å². The summed E-state index contributed by atoms with van der Waals surface area (Å²) in [4.78, 5) is 0. The van der Waals surface area contributed by atoms with Gasteiger partial charge in [-0.1, -0.05) is 0 Å². The van der Waals surface area contributed by atoms with Crippen molar-refractivity contribution in [2.24, 2.45) is 0 Å². The lowest BCUT2D eigenvalue weighted by Crippen LogP contribution is -2.67. The summed E-state index contributed by atoms with van der Waals surface area (Å²) in [6, 6.07) is 0. The van der Waals surface area contributed by atoms with E-state index in [0.717, 1.165) is 0 Å². The first-order valence-corrected chi connectivity index (χ1v) is 17.6. The maximum atomic E-state index is 11.3. The van der Waals surface area contributed by atoms with Crippen LogP contribution in [0.1, 0.15) is 0 Å². The molecule has 5 aliphatic rings. The lowest BCUT2D eigenvalue weighted by atomic mass is 9.96. The zero-order valence-electron chi connectivity index (χ0n) is 29.2. The number of hydrogen-bond acceptors (Lipinski definition) is 26. The molecule has 0 saturated carbocycles. The van der Waals surface area contributed by atoms with Crippen LogP contribution in [0.2, 0.25) is 0 Å². The normalized spacial score (nSPS) is 53.2. The van der Waals surface area contributed by atoms with Crippen molar-refractivity contribution in [3.8, 4) is 0 Å². The van der Waals surface area contributed by atoms with Gasteiger partial charge in [0.1, 0.15) is 122 Å². The minimum absolute atomic E-state index is 0.819. The number of aliphatic hydroxyl groups is 17. The van der Waals surface area contributed by atoms with Crippen LogP contribution < -0.4 is 0 Å². The second kappa shape index (κ2) is 19.6. The minimum Gasteiger partial charge on any atom is -0.394 e. The number of rotatable bonds is 13. The quantitative estimate of drug-likeness (QED) is 0.0819. The Hall–Kier alpha value is -1.04. The van der Waals surface area contributed by atoms with Crippen LogP contribution >= 0.6 is 0 Å². The van der Waals surface area contributed by atoms with Gasteiger partial charge in [0, 0.05) is 0 Å². The van der Waals surface area contributed by atoms with Gasteiger partial charge in [0.05, 0.1) is 33.0 Å². The monoisotopic (exact) mass is 828 g/mol. The van der Waals surface area contributed by atoms with Gasteiger partial charge in [-0.2, -0.15) is 0 Å². The fraction of sp³-hybridized carbons (Fsp3) is 1.00. The number of ether oxygens (including phenoxy) is 9. The summed E-state index contributed by atoms with van der Waals surface area (Å²) < 4.78 is 49.5. The Kier molecular flexibility index (Phi) is 16.1. The molecule has 0 bridgehead atoms. The van der Waals surface area contributed by atoms with E-state index in [9.17, 15) is 86.8 Å². The fourth-order valence-electron chi connectivity index (χ4n) is 6.93. The molecule has 0 aromatic carbocycles. The summed E-state index contributed by atoms with van der Waals surface area (Å²) in [5.74, 6) is 0. The highest BCUT2D eigenvalue weighted by Gasteiger charge is 2.55. The Balaban J connectivity index is 1.34. The van der Waals surface area contributed by atoms with Crippen molar-refractivity contribution >= 4 is 0 Å². The molecular weight excluding hydrogens is 776 g/mol. The van der Waals surface area contributed by atoms with Crippen LogP contribution in [0.3, 0.4) is 0 Å². The van der Waals surface area contributed by atoms with E-state index in [1.807, 2.05) is 0 Å². The second-order valence-corrected chi connectivity index (χ2v) is 14.0. The molecule has 0 amide bonds. The minimum atomic E-state index is -2.13. The molecule has 56 heavy (non-hydrogen) atoms. The van der Waals surface area contributed by atoms with Crippen LogP contribution in [0.15, 0.2) is 0 Å². The third-order valence-corrected chi connectivity index (χ3v) is 10.3. The van der Waals surface area contributed by atoms with Crippen molar-refractivity contribution in [2.45, 2.75) is 154 Å². The van der Waals surface area contributed by atoms with E-state index in [2.05, 4.69) is 0 Å². The van der Waals surface area contributed by atoms with E-state index < -0.39 is 187 Å². The van der Waals surface area contributed by atoms with E-state index in [0.29, 0.717) is 0 Å². The lowest BCUT2D eigenvalue weighted by Gasteiger charge is -2.48. The fourth-order valence-corrected chi connectivity index (χ4v) is 6.93. The van der Waals surface area contributed by atoms with Crippen molar-refractivity contribution in [1.29, 1.82) is 0 Å². The molecule has 5 aliphatic heterocycles. The molecule has 5 saturated heterocycles. The predicted octanol–water partition coefficient (Wildman–Crippen LogP) is -11.9. The van der Waals surface area contributed by atoms with Crippen LogP contribution in [0.25, 0.3) is 0 Å². The standard InChI is InChI=1S/C30H52O26/c31-1-6-11(35)13(37)19(43)28(50-6)55-24-9(4-34)52-27(21(45)16(24)40)48-5-10-25(56-29-20(44)14(38)12(36)7(2-32)51-29)17(41)22(46)30(53-10)54-23-8(3-33)49-26(47)18(42)15(23)39/h6-47H,1-5H2/t6-,7-,8-,9-,10-,11+,12-,13+,14+,15-,16-,17-,18-,19-,20-,21-,22-,23+,24-,25-,26-,27-,28+,29+,30+/m1/s1. The molecule has 0 aromatic rings. The molecule has 5 fully saturated rings. The third-order valence-electron chi connectivity index (χ3n) is 10.3. The molecule has 17 N–H and O–H groups in total. The van der Waals surface area contributed by atoms with Crippen molar-refractivity contribution < 1.29 is 129 Å². The molecule has 25 atom stereocenters. The Morgan fingerprint density at radius 2 is 0.625 bits per heavy atom. The Bertz CT molecular complexity index is 1200. The van der Waals surface area contributed by atoms with Crippen molar-refractivity contribution in [3.05, 3.63) is 0 Å². The number of hydrogen-bond donors (Lipinski definition) is 17. The van der Waals surface area contributed by atoms with Crippen LogP contribution in [-0.2, 0) is 42.6 Å². The van der Waals surface area contributed by atoms with E-state index in [-0.39, 0.29) is 0 Å². The average Bonchev–Trinajstić information content (AvgIpc) is 3.19. The lowest BCUT2D eigenvalue weighted by molar-refractivity contribution is -0.386. The van der Waals surface area contributed by atoms with Crippen LogP contribution in [0.4, 0.5) is 0 Å². The molecule has 0 spiro atoms. The maximum absolute atomic E-state index is 11.3. The van der Waals surface area contributed by atoms with Gasteiger partial charge < -0.3 is 129 Å². The molecule has 0 radical (unpaired) electrons. The predicted molar refractivity (Wildman–Crippen MR) is 167 cm³/mol. The van der Waals surface area contributed by atoms with Crippen molar-refractivity contribution in [2.75, 3.05) is 33.0 Å². The van der Waals surface area contributed by atoms with Gasteiger partial charge in [-0.05, 0) is 0 Å². The smallest absolute Gasteiger partial charge is 0.187 e. The Morgan fingerprint density at radius 1 is 0.304 bits per heavy atom. The van der Waals surface area contributed by atoms with E-state index in [1.165, 1.54) is 0 Å². The summed E-state index contributed by atoms with van der Waals surface area (Å²) in [5.41, 5.74) is 0. The first-order chi connectivity index (χ1) is 26.5. The van der Waals surface area contributed by atoms with E-state index in [1.54, 1.807) is 0 Å². The highest BCUT2D eigenvalue weighted by atomic mass is 16.8. The molecular formula is C30H52O26. The van der Waals surface area contributed by atoms with Crippen LogP contribution in [0, 0.1) is 0 Å². The van der Waals surface area contributed by atoms with Crippen molar-refractivity contribution in [1.82, 2.24) is 0 Å². The maximum Gasteiger partial charge on any atom is 0.187 e. The van der Waals surface area contributed by atoms with Gasteiger partial charge in [-0.3, -0.25) is 0 Å². The Labute approximate surface area is 316 Å². The summed E-state index contributed by atoms with van der Waals surface area (Å²) in [6.07, 6.45) is -46.2. The highest BCUT2D eigenvalue weighted by molar-refractivity contribution is 4.98. The molecule has 5 heterocycles. The van der Waals surface area contributed by atoms with Gasteiger partial charge >= 0.3 is 0 Å². The molecule has 328 valence electrons. The molecule has 26 heteroatoms. The summed E-state index contributed by atoms with van der Waals surface area (Å²) in [7, 11) is 0. The molecule has 0 aliphatic carbocycles. The second-order valence-electron chi connectivity index (χ2n) is 14.0. The zero-order chi connectivity index (χ0) is 41.3. The van der Waals surface area contributed by atoms with Gasteiger partial charge in [0.2, 0.25) is 0 Å². The van der Waals surface area contributed by atoms with Crippen LogP contribution in [-0.4, -0.2) is 273 Å². The van der Waals surface area contributed by atoms with Crippen molar-refractivity contribution in [3.63, 3.8) is 0 Å². The summed E-state index contributed by atoms with van der Waals surface area (Å²) >= 11 is 0. The van der Waals surface area contributed by atoms with Gasteiger partial charge in [-0.15, -0.1) is 0 Å². The molecule has 0 aromatic heterocycles. The first kappa shape index (κ1) is 46.0. The Morgan fingerprint density at radius 3 is 1.05 bits per heavy atom. The van der Waals surface area contributed by atoms with Crippen LogP contribution in [0.5, 0.6) is 0 Å².